The Balaban J connectivity index is 2.19. The van der Waals surface area contributed by atoms with Gasteiger partial charge in [-0.3, -0.25) is 4.79 Å². The molecule has 0 fully saturated rings. The molecule has 1 aliphatic carbocycles. The van der Waals surface area contributed by atoms with Crippen molar-refractivity contribution in [1.29, 1.82) is 0 Å². The van der Waals surface area contributed by atoms with Crippen LogP contribution in [-0.2, 0) is 16.0 Å². The van der Waals surface area contributed by atoms with Crippen molar-refractivity contribution in [2.45, 2.75) is 46.0 Å². The number of hydrogen-bond acceptors (Lipinski definition) is 2. The fourth-order valence-electron chi connectivity index (χ4n) is 2.84. The largest absolute Gasteiger partial charge is 0.466 e. The van der Waals surface area contributed by atoms with Crippen molar-refractivity contribution in [1.82, 2.24) is 0 Å². The summed E-state index contributed by atoms with van der Waals surface area (Å²) in [4.78, 5) is 11.6. The molecule has 0 heterocycles. The maximum absolute atomic E-state index is 11.6. The molecule has 0 bridgehead atoms. The third-order valence-corrected chi connectivity index (χ3v) is 3.55. The van der Waals surface area contributed by atoms with Crippen molar-refractivity contribution in [3.63, 3.8) is 0 Å². The van der Waals surface area contributed by atoms with E-state index in [1.165, 1.54) is 22.3 Å². The van der Waals surface area contributed by atoms with Crippen LogP contribution in [0.3, 0.4) is 0 Å². The first kappa shape index (κ1) is 12.2. The van der Waals surface area contributed by atoms with Gasteiger partial charge in [0, 0.05) is 0 Å². The number of carbonyl (C=O) groups is 1. The van der Waals surface area contributed by atoms with Crippen LogP contribution in [0.2, 0.25) is 0 Å². The van der Waals surface area contributed by atoms with E-state index in [0.29, 0.717) is 18.9 Å². The molecule has 2 heteroatoms. The quantitative estimate of drug-likeness (QED) is 0.747. The van der Waals surface area contributed by atoms with Crippen LogP contribution in [0.5, 0.6) is 0 Å². The first-order chi connectivity index (χ1) is 8.11. The molecule has 0 aromatic heterocycles. The number of esters is 1. The molecule has 0 spiro atoms. The van der Waals surface area contributed by atoms with E-state index in [-0.39, 0.29) is 5.97 Å². The Morgan fingerprint density at radius 2 is 2.18 bits per heavy atom. The topological polar surface area (TPSA) is 26.3 Å². The molecule has 1 unspecified atom stereocenters. The summed E-state index contributed by atoms with van der Waals surface area (Å²) < 4.78 is 5.04. The van der Waals surface area contributed by atoms with Gasteiger partial charge in [-0.15, -0.1) is 0 Å². The van der Waals surface area contributed by atoms with Crippen LogP contribution >= 0.6 is 0 Å². The molecule has 1 aromatic carbocycles. The highest BCUT2D eigenvalue weighted by molar-refractivity contribution is 5.71. The Bertz CT molecular complexity index is 435. The maximum atomic E-state index is 11.6. The molecule has 1 aliphatic rings. The summed E-state index contributed by atoms with van der Waals surface area (Å²) in [6, 6.07) is 4.46. The Morgan fingerprint density at radius 3 is 2.88 bits per heavy atom. The van der Waals surface area contributed by atoms with E-state index in [1.54, 1.807) is 0 Å². The second-order valence-electron chi connectivity index (χ2n) is 4.89. The van der Waals surface area contributed by atoms with Gasteiger partial charge in [-0.2, -0.15) is 0 Å². The standard InChI is InChI=1S/C15H20O2/c1-4-17-15(16)9-12-5-6-13-11(3)7-10(2)8-14(12)13/h7-8,12H,4-6,9H2,1-3H3. The van der Waals surface area contributed by atoms with Crippen LogP contribution < -0.4 is 0 Å². The van der Waals surface area contributed by atoms with E-state index in [9.17, 15) is 4.79 Å². The second kappa shape index (κ2) is 4.91. The summed E-state index contributed by atoms with van der Waals surface area (Å²) in [7, 11) is 0. The minimum absolute atomic E-state index is 0.0653. The molecule has 17 heavy (non-hydrogen) atoms. The summed E-state index contributed by atoms with van der Waals surface area (Å²) in [5.41, 5.74) is 5.48. The first-order valence-corrected chi connectivity index (χ1v) is 6.37. The van der Waals surface area contributed by atoms with Crippen molar-refractivity contribution >= 4 is 5.97 Å². The van der Waals surface area contributed by atoms with Gasteiger partial charge in [-0.25, -0.2) is 0 Å². The van der Waals surface area contributed by atoms with E-state index < -0.39 is 0 Å². The average molecular weight is 232 g/mol. The molecule has 92 valence electrons. The zero-order valence-corrected chi connectivity index (χ0v) is 10.9. The van der Waals surface area contributed by atoms with Gasteiger partial charge in [-0.05, 0) is 56.2 Å². The van der Waals surface area contributed by atoms with E-state index in [1.807, 2.05) is 6.92 Å². The van der Waals surface area contributed by atoms with Crippen LogP contribution in [-0.4, -0.2) is 12.6 Å². The highest BCUT2D eigenvalue weighted by Gasteiger charge is 2.26. The van der Waals surface area contributed by atoms with Crippen LogP contribution in [0.1, 0.15) is 47.9 Å². The average Bonchev–Trinajstić information content (AvgIpc) is 2.62. The molecule has 0 saturated heterocycles. The normalized spacial score (nSPS) is 17.9. The zero-order valence-electron chi connectivity index (χ0n) is 10.9. The van der Waals surface area contributed by atoms with E-state index in [4.69, 9.17) is 4.74 Å². The molecular weight excluding hydrogens is 212 g/mol. The van der Waals surface area contributed by atoms with Crippen molar-refractivity contribution < 1.29 is 9.53 Å². The number of rotatable bonds is 3. The van der Waals surface area contributed by atoms with Crippen LogP contribution in [0, 0.1) is 13.8 Å². The Hall–Kier alpha value is -1.31. The van der Waals surface area contributed by atoms with Gasteiger partial charge in [0.2, 0.25) is 0 Å². The smallest absolute Gasteiger partial charge is 0.306 e. The fourth-order valence-corrected chi connectivity index (χ4v) is 2.84. The molecule has 0 aliphatic heterocycles. The maximum Gasteiger partial charge on any atom is 0.306 e. The van der Waals surface area contributed by atoms with Crippen molar-refractivity contribution in [2.24, 2.45) is 0 Å². The van der Waals surface area contributed by atoms with Crippen molar-refractivity contribution in [3.05, 3.63) is 34.4 Å². The Morgan fingerprint density at radius 1 is 1.41 bits per heavy atom. The monoisotopic (exact) mass is 232 g/mol. The summed E-state index contributed by atoms with van der Waals surface area (Å²) >= 11 is 0. The van der Waals surface area contributed by atoms with Crippen molar-refractivity contribution in [2.75, 3.05) is 6.61 Å². The van der Waals surface area contributed by atoms with Gasteiger partial charge in [0.05, 0.1) is 13.0 Å². The minimum Gasteiger partial charge on any atom is -0.466 e. The fraction of sp³-hybridized carbons (Fsp3) is 0.533. The van der Waals surface area contributed by atoms with Crippen LogP contribution in [0.15, 0.2) is 12.1 Å². The lowest BCUT2D eigenvalue weighted by molar-refractivity contribution is -0.143. The molecule has 0 saturated carbocycles. The zero-order chi connectivity index (χ0) is 12.4. The summed E-state index contributed by atoms with van der Waals surface area (Å²) in [5.74, 6) is 0.298. The van der Waals surface area contributed by atoms with Crippen LogP contribution in [0.4, 0.5) is 0 Å². The Kier molecular flexibility index (Phi) is 3.51. The van der Waals surface area contributed by atoms with E-state index >= 15 is 0 Å². The third-order valence-electron chi connectivity index (χ3n) is 3.55. The molecular formula is C15H20O2. The van der Waals surface area contributed by atoms with Crippen molar-refractivity contribution in [3.8, 4) is 0 Å². The SMILES string of the molecule is CCOC(=O)CC1CCc2c(C)cc(C)cc21. The number of carbonyl (C=O) groups excluding carboxylic acids is 1. The predicted molar refractivity (Wildman–Crippen MR) is 68.2 cm³/mol. The van der Waals surface area contributed by atoms with Gasteiger partial charge in [0.1, 0.15) is 0 Å². The van der Waals surface area contributed by atoms with E-state index in [0.717, 1.165) is 12.8 Å². The highest BCUT2D eigenvalue weighted by atomic mass is 16.5. The highest BCUT2D eigenvalue weighted by Crippen LogP contribution is 2.37. The lowest BCUT2D eigenvalue weighted by Gasteiger charge is -2.12. The van der Waals surface area contributed by atoms with Gasteiger partial charge >= 0.3 is 5.97 Å². The molecule has 2 nitrogen and oxygen atoms in total. The molecule has 0 radical (unpaired) electrons. The third kappa shape index (κ3) is 2.51. The Labute approximate surface area is 103 Å². The summed E-state index contributed by atoms with van der Waals surface area (Å²) in [6.07, 6.45) is 2.72. The molecule has 1 atom stereocenters. The van der Waals surface area contributed by atoms with Gasteiger partial charge < -0.3 is 4.74 Å². The molecule has 2 rings (SSSR count). The number of fused-ring (bicyclic) bond motifs is 1. The minimum atomic E-state index is -0.0653. The summed E-state index contributed by atoms with van der Waals surface area (Å²) in [6.45, 7) is 6.62. The summed E-state index contributed by atoms with van der Waals surface area (Å²) in [5, 5.41) is 0. The van der Waals surface area contributed by atoms with Gasteiger partial charge in [0.25, 0.3) is 0 Å². The molecule has 0 N–H and O–H groups in total. The molecule has 1 aromatic rings. The molecule has 0 amide bonds. The first-order valence-electron chi connectivity index (χ1n) is 6.37. The van der Waals surface area contributed by atoms with Gasteiger partial charge in [-0.1, -0.05) is 17.7 Å². The number of aryl methyl sites for hydroxylation is 2. The number of ether oxygens (including phenoxy) is 1. The lowest BCUT2D eigenvalue weighted by atomic mass is 9.94. The van der Waals surface area contributed by atoms with Gasteiger partial charge in [0.15, 0.2) is 0 Å². The number of hydrogen-bond donors (Lipinski definition) is 0. The number of benzene rings is 1. The van der Waals surface area contributed by atoms with E-state index in [2.05, 4.69) is 26.0 Å². The van der Waals surface area contributed by atoms with Crippen LogP contribution in [0.25, 0.3) is 0 Å². The lowest BCUT2D eigenvalue weighted by Crippen LogP contribution is -2.08. The predicted octanol–water partition coefficient (Wildman–Crippen LogP) is 3.29. The second-order valence-corrected chi connectivity index (χ2v) is 4.89.